The summed E-state index contributed by atoms with van der Waals surface area (Å²) in [5.74, 6) is -1.73. The predicted molar refractivity (Wildman–Crippen MR) is 64.3 cm³/mol. The fraction of sp³-hybridized carbons (Fsp3) is 0.273. The third kappa shape index (κ3) is 3.47. The lowest BCUT2D eigenvalue weighted by atomic mass is 10.2. The zero-order valence-electron chi connectivity index (χ0n) is 9.95. The standard InChI is InChI=1S/C11H12FN5O2/c12-8-6-9(11(18)19)10(14-7-8)13-2-1-4-17-5-3-15-16-17/h3,5-7H,1-2,4H2,(H,13,14)(H,18,19). The average molecular weight is 265 g/mol. The molecule has 0 aliphatic carbocycles. The molecule has 0 saturated heterocycles. The second-order valence-corrected chi connectivity index (χ2v) is 3.80. The second-order valence-electron chi connectivity index (χ2n) is 3.80. The minimum atomic E-state index is -1.22. The van der Waals surface area contributed by atoms with Gasteiger partial charge in [0.2, 0.25) is 0 Å². The van der Waals surface area contributed by atoms with Gasteiger partial charge in [-0.2, -0.15) is 0 Å². The van der Waals surface area contributed by atoms with Gasteiger partial charge >= 0.3 is 5.97 Å². The SMILES string of the molecule is O=C(O)c1cc(F)cnc1NCCCn1ccnn1. The Morgan fingerprint density at radius 1 is 1.53 bits per heavy atom. The van der Waals surface area contributed by atoms with Crippen LogP contribution in [0, 0.1) is 5.82 Å². The Balaban J connectivity index is 1.90. The van der Waals surface area contributed by atoms with E-state index in [2.05, 4.69) is 20.6 Å². The first-order chi connectivity index (χ1) is 9.16. The highest BCUT2D eigenvalue weighted by atomic mass is 19.1. The average Bonchev–Trinajstić information content (AvgIpc) is 2.89. The molecular formula is C11H12FN5O2. The number of carbonyl (C=O) groups is 1. The number of rotatable bonds is 6. The molecule has 19 heavy (non-hydrogen) atoms. The molecule has 2 aromatic heterocycles. The fourth-order valence-electron chi connectivity index (χ4n) is 1.54. The summed E-state index contributed by atoms with van der Waals surface area (Å²) in [7, 11) is 0. The van der Waals surface area contributed by atoms with Crippen LogP contribution in [0.3, 0.4) is 0 Å². The summed E-state index contributed by atoms with van der Waals surface area (Å²) in [5.41, 5.74) is -0.180. The number of carboxylic acids is 1. The molecule has 0 radical (unpaired) electrons. The van der Waals surface area contributed by atoms with Gasteiger partial charge < -0.3 is 10.4 Å². The molecule has 2 aromatic rings. The van der Waals surface area contributed by atoms with E-state index in [0.717, 1.165) is 12.3 Å². The van der Waals surface area contributed by atoms with Crippen LogP contribution in [0.15, 0.2) is 24.7 Å². The van der Waals surface area contributed by atoms with E-state index >= 15 is 0 Å². The molecule has 8 heteroatoms. The molecular weight excluding hydrogens is 253 g/mol. The van der Waals surface area contributed by atoms with Gasteiger partial charge in [0.1, 0.15) is 17.2 Å². The Morgan fingerprint density at radius 3 is 3.05 bits per heavy atom. The summed E-state index contributed by atoms with van der Waals surface area (Å²) in [4.78, 5) is 14.7. The second kappa shape index (κ2) is 5.89. The summed E-state index contributed by atoms with van der Waals surface area (Å²) in [6.45, 7) is 1.15. The molecule has 0 fully saturated rings. The Bertz CT molecular complexity index is 558. The van der Waals surface area contributed by atoms with E-state index in [1.807, 2.05) is 0 Å². The van der Waals surface area contributed by atoms with E-state index in [0.29, 0.717) is 19.5 Å². The van der Waals surface area contributed by atoms with Crippen LogP contribution < -0.4 is 5.32 Å². The van der Waals surface area contributed by atoms with Crippen LogP contribution in [-0.2, 0) is 6.54 Å². The lowest BCUT2D eigenvalue weighted by molar-refractivity contribution is 0.0697. The summed E-state index contributed by atoms with van der Waals surface area (Å²) in [5, 5.41) is 19.3. The molecule has 0 aliphatic rings. The molecule has 0 saturated carbocycles. The number of anilines is 1. The molecule has 0 amide bonds. The smallest absolute Gasteiger partial charge is 0.339 e. The molecule has 2 heterocycles. The number of nitrogens with one attached hydrogen (secondary N) is 1. The number of aromatic nitrogens is 4. The Kier molecular flexibility index (Phi) is 4.01. The van der Waals surface area contributed by atoms with E-state index in [4.69, 9.17) is 5.11 Å². The van der Waals surface area contributed by atoms with E-state index in [1.165, 1.54) is 0 Å². The number of carboxylic acid groups (broad SMARTS) is 1. The lowest BCUT2D eigenvalue weighted by Gasteiger charge is -2.08. The highest BCUT2D eigenvalue weighted by Crippen LogP contribution is 2.13. The third-order valence-electron chi connectivity index (χ3n) is 2.41. The van der Waals surface area contributed by atoms with Gasteiger partial charge in [-0.3, -0.25) is 4.68 Å². The topological polar surface area (TPSA) is 92.9 Å². The molecule has 0 atom stereocenters. The molecule has 2 rings (SSSR count). The van der Waals surface area contributed by atoms with E-state index in [9.17, 15) is 9.18 Å². The summed E-state index contributed by atoms with van der Waals surface area (Å²) in [6.07, 6.45) is 5.00. The largest absolute Gasteiger partial charge is 0.478 e. The van der Waals surface area contributed by atoms with Crippen LogP contribution in [0.25, 0.3) is 0 Å². The van der Waals surface area contributed by atoms with Crippen LogP contribution in [0.5, 0.6) is 0 Å². The van der Waals surface area contributed by atoms with Crippen molar-refractivity contribution in [2.24, 2.45) is 0 Å². The zero-order chi connectivity index (χ0) is 13.7. The van der Waals surface area contributed by atoms with Gasteiger partial charge in [0.05, 0.1) is 12.4 Å². The van der Waals surface area contributed by atoms with Gasteiger partial charge in [-0.05, 0) is 12.5 Å². The first-order valence-corrected chi connectivity index (χ1v) is 5.63. The molecule has 0 spiro atoms. The third-order valence-corrected chi connectivity index (χ3v) is 2.41. The zero-order valence-corrected chi connectivity index (χ0v) is 9.95. The molecule has 0 aromatic carbocycles. The summed E-state index contributed by atoms with van der Waals surface area (Å²) < 4.78 is 14.6. The predicted octanol–water partition coefficient (Wildman–Crippen LogP) is 1.01. The summed E-state index contributed by atoms with van der Waals surface area (Å²) in [6, 6.07) is 0.940. The normalized spacial score (nSPS) is 10.4. The highest BCUT2D eigenvalue weighted by Gasteiger charge is 2.12. The monoisotopic (exact) mass is 265 g/mol. The van der Waals surface area contributed by atoms with Gasteiger partial charge in [0.25, 0.3) is 0 Å². The maximum atomic E-state index is 12.9. The molecule has 0 bridgehead atoms. The minimum absolute atomic E-state index is 0.160. The quantitative estimate of drug-likeness (QED) is 0.757. The molecule has 0 aliphatic heterocycles. The summed E-state index contributed by atoms with van der Waals surface area (Å²) >= 11 is 0. The number of hydrogen-bond acceptors (Lipinski definition) is 5. The van der Waals surface area contributed by atoms with Gasteiger partial charge in [0, 0.05) is 19.3 Å². The van der Waals surface area contributed by atoms with Crippen molar-refractivity contribution >= 4 is 11.8 Å². The number of aromatic carboxylic acids is 1. The molecule has 100 valence electrons. The maximum absolute atomic E-state index is 12.9. The van der Waals surface area contributed by atoms with Crippen LogP contribution in [0.4, 0.5) is 10.2 Å². The minimum Gasteiger partial charge on any atom is -0.478 e. The van der Waals surface area contributed by atoms with E-state index < -0.39 is 11.8 Å². The highest BCUT2D eigenvalue weighted by molar-refractivity contribution is 5.93. The maximum Gasteiger partial charge on any atom is 0.339 e. The van der Waals surface area contributed by atoms with Crippen molar-refractivity contribution in [3.63, 3.8) is 0 Å². The Hall–Kier alpha value is -2.51. The number of halogens is 1. The number of nitrogens with zero attached hydrogens (tertiary/aromatic N) is 4. The van der Waals surface area contributed by atoms with Crippen molar-refractivity contribution in [3.8, 4) is 0 Å². The van der Waals surface area contributed by atoms with Crippen molar-refractivity contribution in [2.45, 2.75) is 13.0 Å². The van der Waals surface area contributed by atoms with Gasteiger partial charge in [-0.1, -0.05) is 5.21 Å². The number of aryl methyl sites for hydroxylation is 1. The molecule has 7 nitrogen and oxygen atoms in total. The van der Waals surface area contributed by atoms with Crippen LogP contribution in [0.1, 0.15) is 16.8 Å². The lowest BCUT2D eigenvalue weighted by Crippen LogP contribution is -2.12. The first-order valence-electron chi connectivity index (χ1n) is 5.63. The fourth-order valence-corrected chi connectivity index (χ4v) is 1.54. The van der Waals surface area contributed by atoms with Crippen LogP contribution >= 0.6 is 0 Å². The van der Waals surface area contributed by atoms with E-state index in [-0.39, 0.29) is 11.4 Å². The number of pyridine rings is 1. The van der Waals surface area contributed by atoms with Crippen molar-refractivity contribution in [3.05, 3.63) is 36.0 Å². The molecule has 2 N–H and O–H groups in total. The van der Waals surface area contributed by atoms with Crippen LogP contribution in [-0.4, -0.2) is 37.6 Å². The Labute approximate surface area is 108 Å². The van der Waals surface area contributed by atoms with Gasteiger partial charge in [-0.15, -0.1) is 5.10 Å². The Morgan fingerprint density at radius 2 is 2.37 bits per heavy atom. The number of hydrogen-bond donors (Lipinski definition) is 2. The van der Waals surface area contributed by atoms with E-state index in [1.54, 1.807) is 17.1 Å². The first kappa shape index (κ1) is 12.9. The van der Waals surface area contributed by atoms with Crippen molar-refractivity contribution in [1.29, 1.82) is 0 Å². The van der Waals surface area contributed by atoms with Gasteiger partial charge in [0.15, 0.2) is 0 Å². The van der Waals surface area contributed by atoms with Crippen molar-refractivity contribution < 1.29 is 14.3 Å². The van der Waals surface area contributed by atoms with Crippen LogP contribution in [0.2, 0.25) is 0 Å². The van der Waals surface area contributed by atoms with Gasteiger partial charge in [-0.25, -0.2) is 14.2 Å². The van der Waals surface area contributed by atoms with Crippen molar-refractivity contribution in [1.82, 2.24) is 20.0 Å². The molecule has 0 unspecified atom stereocenters. The van der Waals surface area contributed by atoms with Crippen molar-refractivity contribution in [2.75, 3.05) is 11.9 Å².